The molecule has 2 aromatic carbocycles. The number of thiazole rings is 1. The van der Waals surface area contributed by atoms with Crippen LogP contribution in [0.5, 0.6) is 0 Å². The number of nitrogen functional groups attached to an aromatic ring is 1. The lowest BCUT2D eigenvalue weighted by atomic mass is 10.1. The highest BCUT2D eigenvalue weighted by Gasteiger charge is 2.05. The number of aryl methyl sites for hydroxylation is 1. The number of rotatable bonds is 3. The number of hydrogen-bond donors (Lipinski definition) is 2. The maximum Gasteiger partial charge on any atom is 0.187 e. The molecule has 0 saturated carbocycles. The first-order valence-electron chi connectivity index (χ1n) is 6.36. The third-order valence-corrected chi connectivity index (χ3v) is 3.74. The van der Waals surface area contributed by atoms with E-state index >= 15 is 0 Å². The number of benzene rings is 2. The number of aromatic nitrogens is 1. The third-order valence-electron chi connectivity index (χ3n) is 2.98. The summed E-state index contributed by atoms with van der Waals surface area (Å²) in [5.41, 5.74) is 10.8. The summed E-state index contributed by atoms with van der Waals surface area (Å²) in [6.07, 6.45) is 0. The largest absolute Gasteiger partial charge is 0.399 e. The molecule has 3 rings (SSSR count). The normalized spacial score (nSPS) is 10.4. The van der Waals surface area contributed by atoms with Gasteiger partial charge in [0.05, 0.1) is 5.69 Å². The van der Waals surface area contributed by atoms with Gasteiger partial charge >= 0.3 is 0 Å². The van der Waals surface area contributed by atoms with Crippen molar-refractivity contribution >= 4 is 27.8 Å². The van der Waals surface area contributed by atoms with E-state index in [-0.39, 0.29) is 0 Å². The van der Waals surface area contributed by atoms with Gasteiger partial charge in [-0.3, -0.25) is 0 Å². The summed E-state index contributed by atoms with van der Waals surface area (Å²) in [6.45, 7) is 2.09. The van der Waals surface area contributed by atoms with Crippen molar-refractivity contribution in [3.05, 3.63) is 59.5 Å². The molecule has 100 valence electrons. The summed E-state index contributed by atoms with van der Waals surface area (Å²) < 4.78 is 0. The van der Waals surface area contributed by atoms with E-state index in [1.807, 2.05) is 24.3 Å². The zero-order valence-corrected chi connectivity index (χ0v) is 11.9. The summed E-state index contributed by atoms with van der Waals surface area (Å²) in [7, 11) is 0. The van der Waals surface area contributed by atoms with Crippen molar-refractivity contribution in [1.29, 1.82) is 0 Å². The second-order valence-electron chi connectivity index (χ2n) is 4.65. The lowest BCUT2D eigenvalue weighted by molar-refractivity contribution is 1.37. The minimum absolute atomic E-state index is 0.759. The molecule has 3 N–H and O–H groups in total. The van der Waals surface area contributed by atoms with Crippen LogP contribution in [-0.2, 0) is 0 Å². The average molecular weight is 281 g/mol. The SMILES string of the molecule is Cc1cccc(-c2csc(Nc3ccc(N)cc3)n2)c1. The molecular weight excluding hydrogens is 266 g/mol. The Morgan fingerprint density at radius 1 is 1.10 bits per heavy atom. The second kappa shape index (κ2) is 5.35. The highest BCUT2D eigenvalue weighted by molar-refractivity contribution is 7.14. The number of nitrogens with two attached hydrogens (primary N) is 1. The Balaban J connectivity index is 1.82. The van der Waals surface area contributed by atoms with Crippen molar-refractivity contribution in [1.82, 2.24) is 4.98 Å². The molecule has 1 heterocycles. The Kier molecular flexibility index (Phi) is 3.39. The fourth-order valence-electron chi connectivity index (χ4n) is 1.96. The molecule has 3 aromatic rings. The van der Waals surface area contributed by atoms with Gasteiger partial charge < -0.3 is 11.1 Å². The van der Waals surface area contributed by atoms with Crippen molar-refractivity contribution < 1.29 is 0 Å². The number of hydrogen-bond acceptors (Lipinski definition) is 4. The van der Waals surface area contributed by atoms with Crippen LogP contribution < -0.4 is 11.1 Å². The maximum absolute atomic E-state index is 5.67. The van der Waals surface area contributed by atoms with Gasteiger partial charge in [-0.1, -0.05) is 23.8 Å². The molecule has 4 heteroatoms. The van der Waals surface area contributed by atoms with E-state index < -0.39 is 0 Å². The average Bonchev–Trinajstić information content (AvgIpc) is 2.90. The van der Waals surface area contributed by atoms with Crippen LogP contribution in [0.3, 0.4) is 0 Å². The van der Waals surface area contributed by atoms with Crippen LogP contribution in [0, 0.1) is 6.92 Å². The molecule has 0 aliphatic rings. The van der Waals surface area contributed by atoms with Gasteiger partial charge in [0.1, 0.15) is 0 Å². The predicted molar refractivity (Wildman–Crippen MR) is 86.4 cm³/mol. The molecule has 0 fully saturated rings. The molecule has 0 radical (unpaired) electrons. The van der Waals surface area contributed by atoms with Gasteiger partial charge in [-0.15, -0.1) is 11.3 Å². The van der Waals surface area contributed by atoms with E-state index in [1.165, 1.54) is 5.56 Å². The van der Waals surface area contributed by atoms with E-state index in [1.54, 1.807) is 11.3 Å². The van der Waals surface area contributed by atoms with E-state index in [4.69, 9.17) is 5.73 Å². The lowest BCUT2D eigenvalue weighted by Crippen LogP contribution is -1.90. The highest BCUT2D eigenvalue weighted by Crippen LogP contribution is 2.27. The van der Waals surface area contributed by atoms with Gasteiger partial charge in [-0.05, 0) is 37.3 Å². The fourth-order valence-corrected chi connectivity index (χ4v) is 2.70. The standard InChI is InChI=1S/C16H15N3S/c1-11-3-2-4-12(9-11)15-10-20-16(19-15)18-14-7-5-13(17)6-8-14/h2-10H,17H2,1H3,(H,18,19). The molecular formula is C16H15N3S. The molecule has 0 atom stereocenters. The second-order valence-corrected chi connectivity index (χ2v) is 5.51. The first-order valence-corrected chi connectivity index (χ1v) is 7.24. The van der Waals surface area contributed by atoms with Crippen molar-refractivity contribution in [2.75, 3.05) is 11.1 Å². The van der Waals surface area contributed by atoms with Gasteiger partial charge in [0, 0.05) is 22.3 Å². The number of anilines is 3. The van der Waals surface area contributed by atoms with Crippen molar-refractivity contribution in [2.45, 2.75) is 6.92 Å². The summed E-state index contributed by atoms with van der Waals surface area (Å²) in [5.74, 6) is 0. The van der Waals surface area contributed by atoms with E-state index in [2.05, 4.69) is 46.9 Å². The monoisotopic (exact) mass is 281 g/mol. The van der Waals surface area contributed by atoms with Gasteiger partial charge in [-0.25, -0.2) is 4.98 Å². The Morgan fingerprint density at radius 2 is 1.90 bits per heavy atom. The Labute approximate surface area is 122 Å². The van der Waals surface area contributed by atoms with Gasteiger partial charge in [0.2, 0.25) is 0 Å². The zero-order valence-electron chi connectivity index (χ0n) is 11.1. The molecule has 20 heavy (non-hydrogen) atoms. The summed E-state index contributed by atoms with van der Waals surface area (Å²) in [6, 6.07) is 16.0. The van der Waals surface area contributed by atoms with Crippen LogP contribution in [0.15, 0.2) is 53.9 Å². The van der Waals surface area contributed by atoms with Gasteiger partial charge in [0.15, 0.2) is 5.13 Å². The summed E-state index contributed by atoms with van der Waals surface area (Å²) in [5, 5.41) is 6.23. The van der Waals surface area contributed by atoms with Crippen LogP contribution in [0.2, 0.25) is 0 Å². The molecule has 3 nitrogen and oxygen atoms in total. The first-order chi connectivity index (χ1) is 9.70. The topological polar surface area (TPSA) is 50.9 Å². The molecule has 0 aliphatic carbocycles. The molecule has 0 bridgehead atoms. The Morgan fingerprint density at radius 3 is 2.65 bits per heavy atom. The van der Waals surface area contributed by atoms with Gasteiger partial charge in [-0.2, -0.15) is 0 Å². The molecule has 0 amide bonds. The van der Waals surface area contributed by atoms with E-state index in [0.29, 0.717) is 0 Å². The first kappa shape index (κ1) is 12.7. The van der Waals surface area contributed by atoms with Crippen LogP contribution in [0.25, 0.3) is 11.3 Å². The molecule has 1 aromatic heterocycles. The molecule has 0 unspecified atom stereocenters. The van der Waals surface area contributed by atoms with E-state index in [0.717, 1.165) is 27.8 Å². The van der Waals surface area contributed by atoms with Crippen molar-refractivity contribution in [2.24, 2.45) is 0 Å². The maximum atomic E-state index is 5.67. The Hall–Kier alpha value is -2.33. The minimum Gasteiger partial charge on any atom is -0.399 e. The van der Waals surface area contributed by atoms with Crippen LogP contribution in [0.1, 0.15) is 5.56 Å². The zero-order chi connectivity index (χ0) is 13.9. The third kappa shape index (κ3) is 2.81. The molecule has 0 spiro atoms. The minimum atomic E-state index is 0.759. The summed E-state index contributed by atoms with van der Waals surface area (Å²) >= 11 is 1.60. The van der Waals surface area contributed by atoms with Crippen LogP contribution >= 0.6 is 11.3 Å². The number of nitrogens with zero attached hydrogens (tertiary/aromatic N) is 1. The highest BCUT2D eigenvalue weighted by atomic mass is 32.1. The number of nitrogens with one attached hydrogen (secondary N) is 1. The summed E-state index contributed by atoms with van der Waals surface area (Å²) in [4.78, 5) is 4.62. The van der Waals surface area contributed by atoms with E-state index in [9.17, 15) is 0 Å². The molecule has 0 saturated heterocycles. The van der Waals surface area contributed by atoms with Crippen molar-refractivity contribution in [3.8, 4) is 11.3 Å². The lowest BCUT2D eigenvalue weighted by Gasteiger charge is -2.02. The van der Waals surface area contributed by atoms with Crippen LogP contribution in [0.4, 0.5) is 16.5 Å². The van der Waals surface area contributed by atoms with Gasteiger partial charge in [0.25, 0.3) is 0 Å². The smallest absolute Gasteiger partial charge is 0.187 e. The fraction of sp³-hybridized carbons (Fsp3) is 0.0625. The van der Waals surface area contributed by atoms with Crippen LogP contribution in [-0.4, -0.2) is 4.98 Å². The predicted octanol–water partition coefficient (Wildman–Crippen LogP) is 4.44. The molecule has 0 aliphatic heterocycles. The van der Waals surface area contributed by atoms with Crippen molar-refractivity contribution in [3.63, 3.8) is 0 Å². The quantitative estimate of drug-likeness (QED) is 0.698. The Bertz CT molecular complexity index is 717.